The molecule has 0 saturated carbocycles. The molecule has 0 unspecified atom stereocenters. The van der Waals surface area contributed by atoms with Gasteiger partial charge in [0.05, 0.1) is 0 Å². The monoisotopic (exact) mass is 380 g/mol. The Morgan fingerprint density at radius 3 is 2.75 bits per heavy atom. The largest absolute Gasteiger partial charge is 0.384 e. The van der Waals surface area contributed by atoms with Gasteiger partial charge in [-0.25, -0.2) is 9.37 Å². The number of rotatable bonds is 8. The van der Waals surface area contributed by atoms with Crippen LogP contribution in [0.2, 0.25) is 0 Å². The number of nitrogens with zero attached hydrogens (tertiary/aromatic N) is 1. The Kier molecular flexibility index (Phi) is 6.47. The van der Waals surface area contributed by atoms with E-state index in [1.54, 1.807) is 12.3 Å². The summed E-state index contributed by atoms with van der Waals surface area (Å²) in [5, 5.41) is 8.87. The van der Waals surface area contributed by atoms with Crippen LogP contribution in [0.5, 0.6) is 0 Å². The molecule has 3 aromatic rings. The molecule has 4 nitrogen and oxygen atoms in total. The fourth-order valence-electron chi connectivity index (χ4n) is 3.68. The first-order chi connectivity index (χ1) is 13.5. The summed E-state index contributed by atoms with van der Waals surface area (Å²) >= 11 is 0. The predicted octanol–water partition coefficient (Wildman–Crippen LogP) is 5.12. The molecule has 0 aliphatic carbocycles. The van der Waals surface area contributed by atoms with Gasteiger partial charge in [-0.2, -0.15) is 0 Å². The number of hydrogen-bond acceptors (Lipinski definition) is 4. The normalized spacial score (nSPS) is 12.3. The lowest BCUT2D eigenvalue weighted by Crippen LogP contribution is -2.31. The summed E-state index contributed by atoms with van der Waals surface area (Å²) in [5.74, 6) is 0.260. The van der Waals surface area contributed by atoms with E-state index >= 15 is 0 Å². The fraction of sp³-hybridized carbons (Fsp3) is 0.348. The van der Waals surface area contributed by atoms with Crippen LogP contribution < -0.4 is 16.4 Å². The topological polar surface area (TPSA) is 63.0 Å². The first kappa shape index (κ1) is 20.1. The number of likely N-dealkylation sites (N-methyl/N-ethyl adjacent to an activating group) is 1. The van der Waals surface area contributed by atoms with Crippen molar-refractivity contribution in [2.75, 3.05) is 24.6 Å². The molecule has 3 rings (SSSR count). The number of unbranched alkanes of at least 4 members (excludes halogenated alkanes) is 1. The first-order valence-corrected chi connectivity index (χ1v) is 9.89. The van der Waals surface area contributed by atoms with Crippen LogP contribution >= 0.6 is 0 Å². The SMILES string of the molecule is CCCC[C@H](CNC)Nc1cc(-c2c(C)cccc2F)cc2cnc(N)cc12. The molecule has 0 aliphatic rings. The zero-order chi connectivity index (χ0) is 20.1. The number of nitrogens with one attached hydrogen (secondary N) is 2. The minimum absolute atomic E-state index is 0.216. The maximum Gasteiger partial charge on any atom is 0.131 e. The third kappa shape index (κ3) is 4.42. The molecular weight excluding hydrogens is 351 g/mol. The smallest absolute Gasteiger partial charge is 0.131 e. The molecule has 0 aliphatic heterocycles. The maximum absolute atomic E-state index is 14.6. The molecule has 0 spiro atoms. The summed E-state index contributed by atoms with van der Waals surface area (Å²) in [6.45, 7) is 4.98. The zero-order valence-corrected chi connectivity index (χ0v) is 16.8. The summed E-state index contributed by atoms with van der Waals surface area (Å²) < 4.78 is 14.6. The van der Waals surface area contributed by atoms with Crippen molar-refractivity contribution < 1.29 is 4.39 Å². The number of fused-ring (bicyclic) bond motifs is 1. The molecule has 0 saturated heterocycles. The molecule has 148 valence electrons. The summed E-state index contributed by atoms with van der Waals surface area (Å²) in [6.07, 6.45) is 5.11. The van der Waals surface area contributed by atoms with E-state index in [0.29, 0.717) is 11.4 Å². The number of pyridine rings is 1. The van der Waals surface area contributed by atoms with Gasteiger partial charge in [0.25, 0.3) is 0 Å². The van der Waals surface area contributed by atoms with Crippen molar-refractivity contribution in [3.8, 4) is 11.1 Å². The van der Waals surface area contributed by atoms with E-state index in [9.17, 15) is 4.39 Å². The van der Waals surface area contributed by atoms with E-state index in [2.05, 4.69) is 22.5 Å². The van der Waals surface area contributed by atoms with Gasteiger partial charge in [0.2, 0.25) is 0 Å². The van der Waals surface area contributed by atoms with E-state index in [4.69, 9.17) is 5.73 Å². The first-order valence-electron chi connectivity index (χ1n) is 9.89. The minimum Gasteiger partial charge on any atom is -0.384 e. The second kappa shape index (κ2) is 9.02. The van der Waals surface area contributed by atoms with E-state index in [1.807, 2.05) is 38.2 Å². The Bertz CT molecular complexity index is 934. The third-order valence-corrected chi connectivity index (χ3v) is 5.08. The highest BCUT2D eigenvalue weighted by Crippen LogP contribution is 2.34. The molecule has 0 amide bonds. The number of benzene rings is 2. The van der Waals surface area contributed by atoms with Gasteiger partial charge in [-0.1, -0.05) is 31.9 Å². The lowest BCUT2D eigenvalue weighted by Gasteiger charge is -2.22. The number of nitrogens with two attached hydrogens (primary N) is 1. The van der Waals surface area contributed by atoms with Crippen LogP contribution in [0.25, 0.3) is 21.9 Å². The number of aromatic nitrogens is 1. The van der Waals surface area contributed by atoms with Crippen molar-refractivity contribution in [3.63, 3.8) is 0 Å². The molecule has 1 heterocycles. The van der Waals surface area contributed by atoms with Crippen LogP contribution in [0.15, 0.2) is 42.6 Å². The molecule has 5 heteroatoms. The van der Waals surface area contributed by atoms with Crippen molar-refractivity contribution in [1.29, 1.82) is 0 Å². The number of hydrogen-bond donors (Lipinski definition) is 3. The number of nitrogen functional groups attached to an aromatic ring is 1. The summed E-state index contributed by atoms with van der Waals surface area (Å²) in [4.78, 5) is 4.24. The predicted molar refractivity (Wildman–Crippen MR) is 117 cm³/mol. The molecule has 1 aromatic heterocycles. The van der Waals surface area contributed by atoms with Crippen LogP contribution in [0.1, 0.15) is 31.7 Å². The lowest BCUT2D eigenvalue weighted by atomic mass is 9.96. The summed E-state index contributed by atoms with van der Waals surface area (Å²) in [6, 6.07) is 11.4. The van der Waals surface area contributed by atoms with Gasteiger partial charge in [-0.3, -0.25) is 0 Å². The van der Waals surface area contributed by atoms with Gasteiger partial charge < -0.3 is 16.4 Å². The highest BCUT2D eigenvalue weighted by Gasteiger charge is 2.15. The van der Waals surface area contributed by atoms with E-state index in [0.717, 1.165) is 53.4 Å². The van der Waals surface area contributed by atoms with Crippen molar-refractivity contribution in [2.24, 2.45) is 0 Å². The number of halogens is 1. The average Bonchev–Trinajstić information content (AvgIpc) is 2.66. The molecule has 4 N–H and O–H groups in total. The van der Waals surface area contributed by atoms with Gasteiger partial charge in [0.15, 0.2) is 0 Å². The Balaban J connectivity index is 2.12. The Morgan fingerprint density at radius 1 is 1.21 bits per heavy atom. The van der Waals surface area contributed by atoms with E-state index < -0.39 is 0 Å². The molecule has 28 heavy (non-hydrogen) atoms. The number of aryl methyl sites for hydroxylation is 1. The third-order valence-electron chi connectivity index (χ3n) is 5.08. The molecule has 2 aromatic carbocycles. The van der Waals surface area contributed by atoms with E-state index in [1.165, 1.54) is 6.07 Å². The summed E-state index contributed by atoms with van der Waals surface area (Å²) in [5.41, 5.74) is 9.29. The second-order valence-electron chi connectivity index (χ2n) is 7.33. The molecule has 1 atom stereocenters. The Morgan fingerprint density at radius 2 is 2.04 bits per heavy atom. The molecule has 0 bridgehead atoms. The number of anilines is 2. The van der Waals surface area contributed by atoms with Crippen LogP contribution in [0, 0.1) is 12.7 Å². The van der Waals surface area contributed by atoms with Gasteiger partial charge >= 0.3 is 0 Å². The fourth-order valence-corrected chi connectivity index (χ4v) is 3.68. The molecule has 0 radical (unpaired) electrons. The van der Waals surface area contributed by atoms with Gasteiger partial charge in [-0.05, 0) is 55.8 Å². The van der Waals surface area contributed by atoms with Gasteiger partial charge in [-0.15, -0.1) is 0 Å². The van der Waals surface area contributed by atoms with Crippen molar-refractivity contribution in [3.05, 3.63) is 54.0 Å². The zero-order valence-electron chi connectivity index (χ0n) is 16.8. The van der Waals surface area contributed by atoms with Crippen LogP contribution in [0.4, 0.5) is 15.9 Å². The van der Waals surface area contributed by atoms with Crippen LogP contribution in [-0.4, -0.2) is 24.6 Å². The minimum atomic E-state index is -0.216. The van der Waals surface area contributed by atoms with Crippen LogP contribution in [-0.2, 0) is 0 Å². The highest BCUT2D eigenvalue weighted by atomic mass is 19.1. The van der Waals surface area contributed by atoms with Crippen molar-refractivity contribution in [2.45, 2.75) is 39.2 Å². The quantitative estimate of drug-likeness (QED) is 0.507. The molecule has 0 fully saturated rings. The lowest BCUT2D eigenvalue weighted by molar-refractivity contribution is 0.578. The van der Waals surface area contributed by atoms with Crippen LogP contribution in [0.3, 0.4) is 0 Å². The van der Waals surface area contributed by atoms with Crippen molar-refractivity contribution in [1.82, 2.24) is 10.3 Å². The van der Waals surface area contributed by atoms with Crippen molar-refractivity contribution >= 4 is 22.3 Å². The van der Waals surface area contributed by atoms with Gasteiger partial charge in [0.1, 0.15) is 11.6 Å². The van der Waals surface area contributed by atoms with E-state index in [-0.39, 0.29) is 11.9 Å². The Labute approximate surface area is 166 Å². The van der Waals surface area contributed by atoms with Gasteiger partial charge in [0, 0.05) is 40.8 Å². The second-order valence-corrected chi connectivity index (χ2v) is 7.33. The molecular formula is C23H29FN4. The average molecular weight is 381 g/mol. The summed E-state index contributed by atoms with van der Waals surface area (Å²) in [7, 11) is 1.96. The Hall–Kier alpha value is -2.66. The maximum atomic E-state index is 14.6. The standard InChI is InChI=1S/C23H29FN4/c1-4-5-8-18(14-26-3)28-21-11-16(23-15(2)7-6-9-20(23)24)10-17-13-27-22(25)12-19(17)21/h6-7,9-13,18,26,28H,4-5,8,14H2,1-3H3,(H2,25,27)/t18-/m1/s1. The highest BCUT2D eigenvalue weighted by molar-refractivity contribution is 5.98.